The number of hydrogen-bond donors (Lipinski definition) is 1. The summed E-state index contributed by atoms with van der Waals surface area (Å²) < 4.78 is 6.04. The van der Waals surface area contributed by atoms with E-state index < -0.39 is 18.0 Å². The fraction of sp³-hybridized carbons (Fsp3) is 0.125. The first-order valence-electron chi connectivity index (χ1n) is 6.48. The zero-order chi connectivity index (χ0) is 16.1. The minimum absolute atomic E-state index is 0.302. The van der Waals surface area contributed by atoms with Crippen LogP contribution in [-0.2, 0) is 9.53 Å². The molecule has 4 nitrogen and oxygen atoms in total. The van der Waals surface area contributed by atoms with Gasteiger partial charge in [-0.1, -0.05) is 33.6 Å². The molecule has 1 N–H and O–H groups in total. The molecule has 0 saturated carbocycles. The van der Waals surface area contributed by atoms with Gasteiger partial charge in [0.15, 0.2) is 6.10 Å². The lowest BCUT2D eigenvalue weighted by atomic mass is 10.2. The number of benzene rings is 2. The monoisotopic (exact) mass is 381 g/mol. The summed E-state index contributed by atoms with van der Waals surface area (Å²) in [5, 5.41) is 3.11. The summed E-state index contributed by atoms with van der Waals surface area (Å²) in [5.74, 6) is -1.00. The highest BCUT2D eigenvalue weighted by Gasteiger charge is 2.19. The third-order valence-electron chi connectivity index (χ3n) is 2.83. The van der Waals surface area contributed by atoms with Crippen LogP contribution < -0.4 is 5.32 Å². The van der Waals surface area contributed by atoms with Crippen LogP contribution in [0.2, 0.25) is 5.02 Å². The Morgan fingerprint density at radius 1 is 1.18 bits per heavy atom. The molecule has 1 atom stereocenters. The van der Waals surface area contributed by atoms with Gasteiger partial charge in [-0.2, -0.15) is 0 Å². The van der Waals surface area contributed by atoms with E-state index >= 15 is 0 Å². The highest BCUT2D eigenvalue weighted by Crippen LogP contribution is 2.15. The third kappa shape index (κ3) is 4.58. The molecule has 0 aliphatic heterocycles. The Balaban J connectivity index is 1.96. The second kappa shape index (κ2) is 7.42. The average molecular weight is 383 g/mol. The fourth-order valence-corrected chi connectivity index (χ4v) is 2.13. The predicted octanol–water partition coefficient (Wildman–Crippen LogP) is 4.29. The van der Waals surface area contributed by atoms with Crippen molar-refractivity contribution in [3.05, 3.63) is 63.6 Å². The van der Waals surface area contributed by atoms with E-state index in [9.17, 15) is 9.59 Å². The van der Waals surface area contributed by atoms with Crippen molar-refractivity contribution < 1.29 is 14.3 Å². The summed E-state index contributed by atoms with van der Waals surface area (Å²) in [5.41, 5.74) is 0.926. The first-order chi connectivity index (χ1) is 10.5. The van der Waals surface area contributed by atoms with E-state index in [0.29, 0.717) is 16.3 Å². The Morgan fingerprint density at radius 2 is 1.86 bits per heavy atom. The predicted molar refractivity (Wildman–Crippen MR) is 89.1 cm³/mol. The molecule has 0 heterocycles. The zero-order valence-electron chi connectivity index (χ0n) is 11.7. The number of rotatable bonds is 4. The van der Waals surface area contributed by atoms with Crippen molar-refractivity contribution in [3.8, 4) is 0 Å². The molecule has 0 aliphatic carbocycles. The minimum atomic E-state index is -0.921. The maximum absolute atomic E-state index is 12.0. The van der Waals surface area contributed by atoms with Crippen LogP contribution in [0.4, 0.5) is 5.69 Å². The molecule has 2 aromatic carbocycles. The number of carbonyl (C=O) groups is 2. The van der Waals surface area contributed by atoms with Crippen LogP contribution in [0, 0.1) is 0 Å². The molecular formula is C16H13BrClNO3. The summed E-state index contributed by atoms with van der Waals surface area (Å²) in [6.07, 6.45) is -0.921. The molecule has 6 heteroatoms. The minimum Gasteiger partial charge on any atom is -0.449 e. The number of carbonyl (C=O) groups excluding carboxylic acids is 2. The van der Waals surface area contributed by atoms with Gasteiger partial charge in [-0.3, -0.25) is 4.79 Å². The van der Waals surface area contributed by atoms with Crippen LogP contribution in [0.5, 0.6) is 0 Å². The number of ether oxygens (including phenoxy) is 1. The van der Waals surface area contributed by atoms with E-state index in [2.05, 4.69) is 21.2 Å². The van der Waals surface area contributed by atoms with Gasteiger partial charge in [0.1, 0.15) is 0 Å². The van der Waals surface area contributed by atoms with Crippen molar-refractivity contribution in [2.24, 2.45) is 0 Å². The number of esters is 1. The molecule has 2 aromatic rings. The molecule has 0 saturated heterocycles. The van der Waals surface area contributed by atoms with Crippen molar-refractivity contribution >= 4 is 45.1 Å². The van der Waals surface area contributed by atoms with Crippen LogP contribution >= 0.6 is 27.5 Å². The highest BCUT2D eigenvalue weighted by atomic mass is 79.9. The summed E-state index contributed by atoms with van der Waals surface area (Å²) >= 11 is 9.13. The van der Waals surface area contributed by atoms with Crippen LogP contribution in [0.1, 0.15) is 17.3 Å². The van der Waals surface area contributed by atoms with Crippen molar-refractivity contribution in [2.75, 3.05) is 5.32 Å². The Morgan fingerprint density at radius 3 is 2.50 bits per heavy atom. The van der Waals surface area contributed by atoms with Gasteiger partial charge in [-0.25, -0.2) is 4.79 Å². The van der Waals surface area contributed by atoms with Gasteiger partial charge in [0, 0.05) is 15.2 Å². The van der Waals surface area contributed by atoms with E-state index in [1.165, 1.54) is 13.0 Å². The van der Waals surface area contributed by atoms with Crippen LogP contribution in [-0.4, -0.2) is 18.0 Å². The van der Waals surface area contributed by atoms with Gasteiger partial charge < -0.3 is 10.1 Å². The molecule has 0 unspecified atom stereocenters. The third-order valence-corrected chi connectivity index (χ3v) is 3.59. The summed E-state index contributed by atoms with van der Waals surface area (Å²) in [7, 11) is 0. The molecule has 0 fully saturated rings. The topological polar surface area (TPSA) is 55.4 Å². The second-order valence-electron chi connectivity index (χ2n) is 4.55. The van der Waals surface area contributed by atoms with E-state index in [1.807, 2.05) is 0 Å². The molecule has 0 bridgehead atoms. The van der Waals surface area contributed by atoms with E-state index in [1.54, 1.807) is 42.5 Å². The number of amides is 1. The smallest absolute Gasteiger partial charge is 0.338 e. The lowest BCUT2D eigenvalue weighted by Gasteiger charge is -2.13. The highest BCUT2D eigenvalue weighted by molar-refractivity contribution is 9.10. The van der Waals surface area contributed by atoms with E-state index in [0.717, 1.165) is 4.47 Å². The SMILES string of the molecule is C[C@@H](OC(=O)c1cccc(Cl)c1)C(=O)Nc1ccc(Br)cc1. The second-order valence-corrected chi connectivity index (χ2v) is 5.91. The number of hydrogen-bond acceptors (Lipinski definition) is 3. The number of nitrogens with one attached hydrogen (secondary N) is 1. The van der Waals surface area contributed by atoms with Crippen molar-refractivity contribution in [3.63, 3.8) is 0 Å². The fourth-order valence-electron chi connectivity index (χ4n) is 1.67. The Bertz CT molecular complexity index is 688. The van der Waals surface area contributed by atoms with Crippen molar-refractivity contribution in [2.45, 2.75) is 13.0 Å². The lowest BCUT2D eigenvalue weighted by Crippen LogP contribution is -2.29. The molecular weight excluding hydrogens is 370 g/mol. The Labute approximate surface area is 141 Å². The van der Waals surface area contributed by atoms with Gasteiger partial charge in [0.2, 0.25) is 0 Å². The first-order valence-corrected chi connectivity index (χ1v) is 7.66. The van der Waals surface area contributed by atoms with Crippen molar-refractivity contribution in [1.82, 2.24) is 0 Å². The van der Waals surface area contributed by atoms with Gasteiger partial charge in [0.05, 0.1) is 5.56 Å². The zero-order valence-corrected chi connectivity index (χ0v) is 14.0. The van der Waals surface area contributed by atoms with Gasteiger partial charge in [-0.15, -0.1) is 0 Å². The number of halogens is 2. The van der Waals surface area contributed by atoms with Crippen LogP contribution in [0.25, 0.3) is 0 Å². The largest absolute Gasteiger partial charge is 0.449 e. The quantitative estimate of drug-likeness (QED) is 0.803. The Hall–Kier alpha value is -1.85. The Kier molecular flexibility index (Phi) is 5.57. The molecule has 22 heavy (non-hydrogen) atoms. The molecule has 2 rings (SSSR count). The number of anilines is 1. The normalized spacial score (nSPS) is 11.6. The van der Waals surface area contributed by atoms with Crippen LogP contribution in [0.15, 0.2) is 53.0 Å². The molecule has 0 radical (unpaired) electrons. The van der Waals surface area contributed by atoms with E-state index in [-0.39, 0.29) is 0 Å². The summed E-state index contributed by atoms with van der Waals surface area (Å²) in [4.78, 5) is 23.9. The maximum Gasteiger partial charge on any atom is 0.338 e. The molecule has 0 spiro atoms. The molecule has 0 aromatic heterocycles. The molecule has 0 aliphatic rings. The summed E-state index contributed by atoms with van der Waals surface area (Å²) in [6.45, 7) is 1.51. The van der Waals surface area contributed by atoms with Crippen molar-refractivity contribution in [1.29, 1.82) is 0 Å². The van der Waals surface area contributed by atoms with Gasteiger partial charge in [0.25, 0.3) is 5.91 Å². The van der Waals surface area contributed by atoms with E-state index in [4.69, 9.17) is 16.3 Å². The van der Waals surface area contributed by atoms with Gasteiger partial charge >= 0.3 is 5.97 Å². The molecule has 114 valence electrons. The van der Waals surface area contributed by atoms with Gasteiger partial charge in [-0.05, 0) is 49.4 Å². The summed E-state index contributed by atoms with van der Waals surface area (Å²) in [6, 6.07) is 13.5. The molecule has 1 amide bonds. The lowest BCUT2D eigenvalue weighted by molar-refractivity contribution is -0.123. The maximum atomic E-state index is 12.0. The average Bonchev–Trinajstić information content (AvgIpc) is 2.49. The standard InChI is InChI=1S/C16H13BrClNO3/c1-10(15(20)19-14-7-5-12(17)6-8-14)22-16(21)11-3-2-4-13(18)9-11/h2-10H,1H3,(H,19,20)/t10-/m1/s1. The first kappa shape index (κ1) is 16.5. The van der Waals surface area contributed by atoms with Crippen LogP contribution in [0.3, 0.4) is 0 Å².